The number of hydrogen-bond donors (Lipinski definition) is 2. The molecular formula is C18H18I2NO5P. The van der Waals surface area contributed by atoms with Gasteiger partial charge in [0, 0.05) is 58.3 Å². The van der Waals surface area contributed by atoms with Crippen LogP contribution in [0.3, 0.4) is 0 Å². The number of ether oxygens (including phenoxy) is 1. The van der Waals surface area contributed by atoms with Crippen molar-refractivity contribution in [1.29, 1.82) is 0 Å². The molecule has 2 rings (SSSR count). The Labute approximate surface area is 187 Å². The molecule has 9 heteroatoms. The molecule has 0 amide bonds. The minimum Gasteiger partial charge on any atom is -0.508 e. The minimum atomic E-state index is -1.61. The summed E-state index contributed by atoms with van der Waals surface area (Å²) in [6.45, 7) is 1.88. The SMILES string of the molecule is CPCC(=O)C(Cc1ccc(Oc2ccc(O)cc2)cc1)(C(=O)O)N(I)I. The molecule has 27 heavy (non-hydrogen) atoms. The average molecular weight is 613 g/mol. The van der Waals surface area contributed by atoms with Crippen molar-refractivity contribution >= 4 is 66.1 Å². The van der Waals surface area contributed by atoms with E-state index in [-0.39, 0.29) is 24.1 Å². The third kappa shape index (κ3) is 5.52. The number of aliphatic carboxylic acids is 1. The van der Waals surface area contributed by atoms with Gasteiger partial charge in [0.25, 0.3) is 0 Å². The molecule has 2 aromatic rings. The number of aromatic hydroxyl groups is 1. The first-order valence-electron chi connectivity index (χ1n) is 7.88. The summed E-state index contributed by atoms with van der Waals surface area (Å²) < 4.78 is 7.12. The molecule has 144 valence electrons. The number of ketones is 1. The summed E-state index contributed by atoms with van der Waals surface area (Å²) in [5, 5.41) is 19.1. The Hall–Kier alpha value is -0.970. The topological polar surface area (TPSA) is 87.1 Å². The Morgan fingerprint density at radius 3 is 2.04 bits per heavy atom. The van der Waals surface area contributed by atoms with Crippen molar-refractivity contribution in [2.75, 3.05) is 12.8 Å². The summed E-state index contributed by atoms with van der Waals surface area (Å²) in [6.07, 6.45) is 0.299. The van der Waals surface area contributed by atoms with Crippen LogP contribution >= 0.6 is 54.3 Å². The third-order valence-electron chi connectivity index (χ3n) is 3.90. The van der Waals surface area contributed by atoms with Crippen LogP contribution in [0.15, 0.2) is 48.5 Å². The van der Waals surface area contributed by atoms with Gasteiger partial charge in [-0.05, 0) is 48.6 Å². The number of benzene rings is 2. The van der Waals surface area contributed by atoms with Gasteiger partial charge >= 0.3 is 5.97 Å². The van der Waals surface area contributed by atoms with E-state index in [4.69, 9.17) is 4.74 Å². The van der Waals surface area contributed by atoms with Gasteiger partial charge < -0.3 is 14.9 Å². The van der Waals surface area contributed by atoms with Crippen LogP contribution < -0.4 is 4.74 Å². The fourth-order valence-electron chi connectivity index (χ4n) is 2.45. The molecule has 0 heterocycles. The minimum absolute atomic E-state index is 0.0665. The summed E-state index contributed by atoms with van der Waals surface area (Å²) >= 11 is 3.71. The number of nitrogens with zero attached hydrogens (tertiary/aromatic N) is 1. The number of halogens is 2. The number of rotatable bonds is 9. The van der Waals surface area contributed by atoms with Gasteiger partial charge in [-0.3, -0.25) is 4.79 Å². The van der Waals surface area contributed by atoms with E-state index in [0.717, 1.165) is 5.56 Å². The van der Waals surface area contributed by atoms with Crippen molar-refractivity contribution in [1.82, 2.24) is 1.33 Å². The normalized spacial score (nSPS) is 13.6. The summed E-state index contributed by atoms with van der Waals surface area (Å²) in [6, 6.07) is 13.3. The first-order chi connectivity index (χ1) is 12.8. The summed E-state index contributed by atoms with van der Waals surface area (Å²) in [5.74, 6) is -0.150. The van der Waals surface area contributed by atoms with Crippen LogP contribution in [0, 0.1) is 0 Å². The zero-order valence-corrected chi connectivity index (χ0v) is 19.7. The highest BCUT2D eigenvalue weighted by Crippen LogP contribution is 2.33. The van der Waals surface area contributed by atoms with Gasteiger partial charge in [-0.1, -0.05) is 12.1 Å². The van der Waals surface area contributed by atoms with Crippen molar-refractivity contribution in [2.45, 2.75) is 12.0 Å². The molecule has 0 bridgehead atoms. The Balaban J connectivity index is 2.22. The smallest absolute Gasteiger partial charge is 0.333 e. The number of phenols is 1. The highest BCUT2D eigenvalue weighted by atomic mass is 127. The lowest BCUT2D eigenvalue weighted by atomic mass is 9.88. The van der Waals surface area contributed by atoms with Crippen molar-refractivity contribution in [2.24, 2.45) is 0 Å². The lowest BCUT2D eigenvalue weighted by molar-refractivity contribution is -0.149. The van der Waals surface area contributed by atoms with Crippen LogP contribution in [0.2, 0.25) is 0 Å². The quantitative estimate of drug-likeness (QED) is 0.189. The monoisotopic (exact) mass is 613 g/mol. The maximum atomic E-state index is 12.6. The first kappa shape index (κ1) is 22.3. The average Bonchev–Trinajstić information content (AvgIpc) is 2.62. The molecule has 0 saturated heterocycles. The van der Waals surface area contributed by atoms with Gasteiger partial charge in [-0.25, -0.2) is 4.79 Å². The summed E-state index contributed by atoms with van der Waals surface area (Å²) in [5.41, 5.74) is -0.884. The number of Topliss-reactive ketones (excluding diaryl/α,β-unsaturated/α-hetero) is 1. The standard InChI is InChI=1S/C18H18I2NO5P/c1-27-11-16(23)18(17(24)25,21(19)20)10-12-2-6-14(7-3-12)26-15-8-4-13(22)5-9-15/h2-9,22,27H,10-11H2,1H3,(H,24,25). The van der Waals surface area contributed by atoms with Gasteiger partial charge in [0.1, 0.15) is 17.2 Å². The van der Waals surface area contributed by atoms with Crippen LogP contribution in [-0.2, 0) is 16.0 Å². The molecule has 0 fully saturated rings. The van der Waals surface area contributed by atoms with Gasteiger partial charge in [0.05, 0.1) is 0 Å². The van der Waals surface area contributed by atoms with Gasteiger partial charge in [-0.2, -0.15) is 1.33 Å². The van der Waals surface area contributed by atoms with Crippen molar-refractivity contribution in [3.8, 4) is 17.2 Å². The lowest BCUT2D eigenvalue weighted by Gasteiger charge is -2.31. The zero-order chi connectivity index (χ0) is 20.0. The van der Waals surface area contributed by atoms with E-state index >= 15 is 0 Å². The summed E-state index contributed by atoms with van der Waals surface area (Å²) in [4.78, 5) is 24.6. The molecule has 0 spiro atoms. The van der Waals surface area contributed by atoms with Crippen LogP contribution in [0.4, 0.5) is 0 Å². The molecule has 0 aliphatic heterocycles. The molecule has 6 nitrogen and oxygen atoms in total. The van der Waals surface area contributed by atoms with Gasteiger partial charge in [-0.15, -0.1) is 8.58 Å². The summed E-state index contributed by atoms with van der Waals surface area (Å²) in [7, 11) is 0.355. The van der Waals surface area contributed by atoms with Crippen LogP contribution in [0.5, 0.6) is 17.2 Å². The van der Waals surface area contributed by atoms with E-state index in [1.54, 1.807) is 36.4 Å². The predicted molar refractivity (Wildman–Crippen MR) is 123 cm³/mol. The highest BCUT2D eigenvalue weighted by molar-refractivity contribution is 14.2. The van der Waals surface area contributed by atoms with E-state index in [1.807, 2.05) is 52.4 Å². The Morgan fingerprint density at radius 2 is 1.59 bits per heavy atom. The second kappa shape index (κ2) is 9.99. The zero-order valence-electron chi connectivity index (χ0n) is 14.4. The van der Waals surface area contributed by atoms with Crippen LogP contribution in [-0.4, -0.2) is 41.7 Å². The first-order valence-corrected chi connectivity index (χ1v) is 11.5. The largest absolute Gasteiger partial charge is 0.508 e. The molecule has 2 unspecified atom stereocenters. The molecule has 0 aliphatic rings. The van der Waals surface area contributed by atoms with E-state index < -0.39 is 11.5 Å². The van der Waals surface area contributed by atoms with Crippen molar-refractivity contribution in [3.05, 3.63) is 54.1 Å². The Bertz CT molecular complexity index is 798. The van der Waals surface area contributed by atoms with Crippen molar-refractivity contribution in [3.63, 3.8) is 0 Å². The van der Waals surface area contributed by atoms with Crippen molar-refractivity contribution < 1.29 is 24.5 Å². The number of hydrogen-bond acceptors (Lipinski definition) is 5. The Kier molecular flexibility index (Phi) is 8.26. The van der Waals surface area contributed by atoms with Gasteiger partial charge in [0.2, 0.25) is 0 Å². The number of carboxylic acid groups (broad SMARTS) is 1. The van der Waals surface area contributed by atoms with Crippen LogP contribution in [0.1, 0.15) is 5.56 Å². The van der Waals surface area contributed by atoms with E-state index in [2.05, 4.69) is 0 Å². The van der Waals surface area contributed by atoms with Gasteiger partial charge in [0.15, 0.2) is 11.3 Å². The maximum Gasteiger partial charge on any atom is 0.333 e. The molecule has 0 saturated carbocycles. The highest BCUT2D eigenvalue weighted by Gasteiger charge is 2.49. The third-order valence-corrected chi connectivity index (χ3v) is 6.22. The second-order valence-electron chi connectivity index (χ2n) is 5.77. The molecule has 2 atom stereocenters. The Morgan fingerprint density at radius 1 is 1.07 bits per heavy atom. The van der Waals surface area contributed by atoms with E-state index in [0.29, 0.717) is 20.1 Å². The van der Waals surface area contributed by atoms with Crippen LogP contribution in [0.25, 0.3) is 0 Å². The molecule has 0 aromatic heterocycles. The molecule has 2 aromatic carbocycles. The van der Waals surface area contributed by atoms with E-state index in [1.165, 1.54) is 13.5 Å². The molecule has 0 radical (unpaired) electrons. The second-order valence-corrected chi connectivity index (χ2v) is 10.6. The fourth-order valence-corrected chi connectivity index (χ4v) is 4.35. The molecule has 0 aliphatic carbocycles. The fraction of sp³-hybridized carbons (Fsp3) is 0.222. The lowest BCUT2D eigenvalue weighted by Crippen LogP contribution is -2.55. The number of phenolic OH excluding ortho intramolecular Hbond substituents is 1. The number of carboxylic acids is 1. The maximum absolute atomic E-state index is 12.6. The predicted octanol–water partition coefficient (Wildman–Crippen LogP) is 4.43. The number of carbonyl (C=O) groups excluding carboxylic acids is 1. The molecular weight excluding hydrogens is 595 g/mol. The number of carbonyl (C=O) groups is 2. The van der Waals surface area contributed by atoms with E-state index in [9.17, 15) is 19.8 Å². The molecule has 2 N–H and O–H groups in total.